The first kappa shape index (κ1) is 20.7. The molecule has 0 unspecified atom stereocenters. The quantitative estimate of drug-likeness (QED) is 0.658. The Kier molecular flexibility index (Phi) is 5.33. The van der Waals surface area contributed by atoms with Crippen LogP contribution in [-0.4, -0.2) is 18.4 Å². The highest BCUT2D eigenvalue weighted by atomic mass is 32.2. The predicted octanol–water partition coefficient (Wildman–Crippen LogP) is 4.17. The SMILES string of the molecule is Cc1ccc(Nc2nccc(C(F)(F)F)n2)cc1-c1cccc(S(N)(=O)=O)c1C. The summed E-state index contributed by atoms with van der Waals surface area (Å²) in [5.41, 5.74) is 2.05. The molecule has 0 amide bonds. The molecule has 0 aliphatic heterocycles. The number of nitrogens with zero attached hydrogens (tertiary/aromatic N) is 2. The van der Waals surface area contributed by atoms with E-state index in [9.17, 15) is 21.6 Å². The smallest absolute Gasteiger partial charge is 0.324 e. The van der Waals surface area contributed by atoms with Gasteiger partial charge >= 0.3 is 6.18 Å². The van der Waals surface area contributed by atoms with E-state index < -0.39 is 21.9 Å². The van der Waals surface area contributed by atoms with Crippen LogP contribution in [0.4, 0.5) is 24.8 Å². The normalized spacial score (nSPS) is 12.1. The second-order valence-corrected chi connectivity index (χ2v) is 7.92. The predicted molar refractivity (Wildman–Crippen MR) is 103 cm³/mol. The van der Waals surface area contributed by atoms with Crippen molar-refractivity contribution in [3.8, 4) is 11.1 Å². The van der Waals surface area contributed by atoms with Gasteiger partial charge in [-0.1, -0.05) is 18.2 Å². The van der Waals surface area contributed by atoms with E-state index in [1.165, 1.54) is 6.07 Å². The molecule has 29 heavy (non-hydrogen) atoms. The maximum absolute atomic E-state index is 12.8. The van der Waals surface area contributed by atoms with Crippen LogP contribution >= 0.6 is 0 Å². The van der Waals surface area contributed by atoms with Crippen molar-refractivity contribution in [1.82, 2.24) is 9.97 Å². The van der Waals surface area contributed by atoms with Crippen LogP contribution in [0, 0.1) is 13.8 Å². The Morgan fingerprint density at radius 1 is 1.03 bits per heavy atom. The molecule has 0 aliphatic rings. The summed E-state index contributed by atoms with van der Waals surface area (Å²) in [6, 6.07) is 10.6. The highest BCUT2D eigenvalue weighted by molar-refractivity contribution is 7.89. The summed E-state index contributed by atoms with van der Waals surface area (Å²) < 4.78 is 62.1. The van der Waals surface area contributed by atoms with Crippen LogP contribution in [0.1, 0.15) is 16.8 Å². The Bertz CT molecular complexity index is 1180. The van der Waals surface area contributed by atoms with E-state index in [4.69, 9.17) is 5.14 Å². The lowest BCUT2D eigenvalue weighted by Crippen LogP contribution is -2.14. The first-order valence-corrected chi connectivity index (χ1v) is 9.92. The van der Waals surface area contributed by atoms with Gasteiger partial charge in [-0.15, -0.1) is 0 Å². The number of anilines is 2. The zero-order chi connectivity index (χ0) is 21.4. The van der Waals surface area contributed by atoms with E-state index >= 15 is 0 Å². The van der Waals surface area contributed by atoms with Gasteiger partial charge in [0.25, 0.3) is 0 Å². The fourth-order valence-electron chi connectivity index (χ4n) is 2.91. The van der Waals surface area contributed by atoms with Gasteiger partial charge in [0.15, 0.2) is 0 Å². The third kappa shape index (κ3) is 4.54. The second kappa shape index (κ2) is 7.45. The van der Waals surface area contributed by atoms with Crippen LogP contribution < -0.4 is 10.5 Å². The van der Waals surface area contributed by atoms with Crippen molar-refractivity contribution in [1.29, 1.82) is 0 Å². The number of nitrogens with one attached hydrogen (secondary N) is 1. The topological polar surface area (TPSA) is 98.0 Å². The summed E-state index contributed by atoms with van der Waals surface area (Å²) in [6.45, 7) is 3.48. The number of hydrogen-bond donors (Lipinski definition) is 2. The van der Waals surface area contributed by atoms with Crippen molar-refractivity contribution in [3.63, 3.8) is 0 Å². The summed E-state index contributed by atoms with van der Waals surface area (Å²) in [5.74, 6) is -0.204. The number of benzene rings is 2. The molecule has 3 N–H and O–H groups in total. The average Bonchev–Trinajstić information content (AvgIpc) is 2.62. The molecule has 0 saturated carbocycles. The molecule has 0 aliphatic carbocycles. The molecule has 10 heteroatoms. The molecular weight excluding hydrogens is 405 g/mol. The number of rotatable bonds is 4. The molecule has 0 bridgehead atoms. The highest BCUT2D eigenvalue weighted by Crippen LogP contribution is 2.33. The summed E-state index contributed by atoms with van der Waals surface area (Å²) in [5, 5.41) is 8.03. The minimum absolute atomic E-state index is 0.00831. The van der Waals surface area contributed by atoms with E-state index in [-0.39, 0.29) is 10.8 Å². The van der Waals surface area contributed by atoms with Crippen molar-refractivity contribution in [3.05, 3.63) is 65.5 Å². The summed E-state index contributed by atoms with van der Waals surface area (Å²) >= 11 is 0. The van der Waals surface area contributed by atoms with Gasteiger partial charge in [-0.3, -0.25) is 0 Å². The lowest BCUT2D eigenvalue weighted by Gasteiger charge is -2.15. The number of nitrogens with two attached hydrogens (primary N) is 1. The number of alkyl halides is 3. The third-order valence-corrected chi connectivity index (χ3v) is 5.38. The number of aromatic nitrogens is 2. The van der Waals surface area contributed by atoms with Crippen molar-refractivity contribution >= 4 is 21.7 Å². The van der Waals surface area contributed by atoms with Gasteiger partial charge in [0, 0.05) is 11.9 Å². The minimum Gasteiger partial charge on any atom is -0.324 e. The van der Waals surface area contributed by atoms with Crippen molar-refractivity contribution in [2.75, 3.05) is 5.32 Å². The third-order valence-electron chi connectivity index (χ3n) is 4.32. The van der Waals surface area contributed by atoms with Crippen molar-refractivity contribution in [2.24, 2.45) is 5.14 Å². The first-order chi connectivity index (χ1) is 13.5. The van der Waals surface area contributed by atoms with E-state index in [0.29, 0.717) is 22.4 Å². The second-order valence-electron chi connectivity index (χ2n) is 6.39. The Morgan fingerprint density at radius 2 is 1.76 bits per heavy atom. The number of hydrogen-bond acceptors (Lipinski definition) is 5. The molecule has 152 valence electrons. The van der Waals surface area contributed by atoms with Gasteiger partial charge in [0.2, 0.25) is 16.0 Å². The molecule has 0 saturated heterocycles. The lowest BCUT2D eigenvalue weighted by molar-refractivity contribution is -0.141. The van der Waals surface area contributed by atoms with Gasteiger partial charge in [-0.25, -0.2) is 23.5 Å². The standard InChI is InChI=1S/C19H17F3N4O2S/c1-11-6-7-13(25-18-24-9-8-17(26-18)19(20,21)22)10-15(11)14-4-3-5-16(12(14)2)29(23,27)28/h3-10H,1-2H3,(H2,23,27,28)(H,24,25,26). The van der Waals surface area contributed by atoms with Gasteiger partial charge in [0.1, 0.15) is 5.69 Å². The minimum atomic E-state index is -4.58. The number of sulfonamides is 1. The Labute approximate surface area is 165 Å². The fraction of sp³-hybridized carbons (Fsp3) is 0.158. The largest absolute Gasteiger partial charge is 0.433 e. The molecule has 0 fully saturated rings. The van der Waals surface area contributed by atoms with Gasteiger partial charge in [-0.2, -0.15) is 13.2 Å². The summed E-state index contributed by atoms with van der Waals surface area (Å²) in [7, 11) is -3.90. The zero-order valence-electron chi connectivity index (χ0n) is 15.4. The van der Waals surface area contributed by atoms with E-state index in [2.05, 4.69) is 15.3 Å². The van der Waals surface area contributed by atoms with Crippen molar-refractivity contribution < 1.29 is 21.6 Å². The number of primary sulfonamides is 1. The number of aryl methyl sites for hydroxylation is 1. The highest BCUT2D eigenvalue weighted by Gasteiger charge is 2.32. The van der Waals surface area contributed by atoms with Gasteiger partial charge in [0.05, 0.1) is 4.90 Å². The van der Waals surface area contributed by atoms with E-state index in [0.717, 1.165) is 17.8 Å². The zero-order valence-corrected chi connectivity index (χ0v) is 16.3. The molecular formula is C19H17F3N4O2S. The van der Waals surface area contributed by atoms with Gasteiger partial charge < -0.3 is 5.32 Å². The molecule has 1 heterocycles. The molecule has 1 aromatic heterocycles. The molecule has 3 aromatic rings. The first-order valence-electron chi connectivity index (χ1n) is 8.37. The van der Waals surface area contributed by atoms with Crippen LogP contribution in [0.3, 0.4) is 0 Å². The Morgan fingerprint density at radius 3 is 2.41 bits per heavy atom. The van der Waals surface area contributed by atoms with E-state index in [1.807, 2.05) is 6.92 Å². The molecule has 2 aromatic carbocycles. The van der Waals surface area contributed by atoms with Crippen molar-refractivity contribution in [2.45, 2.75) is 24.9 Å². The summed E-state index contributed by atoms with van der Waals surface area (Å²) in [6.07, 6.45) is -3.56. The van der Waals surface area contributed by atoms with Crippen LogP contribution in [0.2, 0.25) is 0 Å². The fourth-order valence-corrected chi connectivity index (χ4v) is 3.72. The average molecular weight is 422 g/mol. The molecule has 0 atom stereocenters. The summed E-state index contributed by atoms with van der Waals surface area (Å²) in [4.78, 5) is 7.31. The number of halogens is 3. The maximum atomic E-state index is 12.8. The molecule has 0 radical (unpaired) electrons. The van der Waals surface area contributed by atoms with Crippen LogP contribution in [0.5, 0.6) is 0 Å². The van der Waals surface area contributed by atoms with Crippen LogP contribution in [0.15, 0.2) is 53.6 Å². The van der Waals surface area contributed by atoms with Crippen LogP contribution in [0.25, 0.3) is 11.1 Å². The van der Waals surface area contributed by atoms with E-state index in [1.54, 1.807) is 37.3 Å². The maximum Gasteiger partial charge on any atom is 0.433 e. The molecule has 6 nitrogen and oxygen atoms in total. The molecule has 3 rings (SSSR count). The Balaban J connectivity index is 2.03. The molecule has 0 spiro atoms. The monoisotopic (exact) mass is 422 g/mol. The van der Waals surface area contributed by atoms with Gasteiger partial charge in [-0.05, 0) is 60.4 Å². The lowest BCUT2D eigenvalue weighted by atomic mass is 9.96. The Hall–Kier alpha value is -2.98. The van der Waals surface area contributed by atoms with Crippen LogP contribution in [-0.2, 0) is 16.2 Å².